The van der Waals surface area contributed by atoms with Gasteiger partial charge >= 0.3 is 0 Å². The van der Waals surface area contributed by atoms with Crippen LogP contribution in [0.3, 0.4) is 0 Å². The third-order valence-corrected chi connectivity index (χ3v) is 5.42. The maximum atomic E-state index is 13.0. The number of aliphatic hydroxyl groups is 1. The molecule has 1 aliphatic heterocycles. The first-order valence-corrected chi connectivity index (χ1v) is 8.38. The molecular formula is C18H26FNO. The summed E-state index contributed by atoms with van der Waals surface area (Å²) < 4.78 is 13.0. The SMILES string of the molecule is OC(Cc1ccc(F)cc1)C1(N2CCCCC2)CCCC1. The van der Waals surface area contributed by atoms with Gasteiger partial charge in [-0.15, -0.1) is 0 Å². The van der Waals surface area contributed by atoms with E-state index in [0.717, 1.165) is 31.5 Å². The van der Waals surface area contributed by atoms with Crippen molar-refractivity contribution in [3.63, 3.8) is 0 Å². The molecule has 1 N–H and O–H groups in total. The summed E-state index contributed by atoms with van der Waals surface area (Å²) in [4.78, 5) is 2.55. The number of rotatable bonds is 4. The van der Waals surface area contributed by atoms with E-state index in [1.165, 1.54) is 44.2 Å². The fourth-order valence-corrected chi connectivity index (χ4v) is 4.22. The van der Waals surface area contributed by atoms with Gasteiger partial charge in [0, 0.05) is 12.0 Å². The van der Waals surface area contributed by atoms with Gasteiger partial charge in [-0.1, -0.05) is 31.4 Å². The van der Waals surface area contributed by atoms with Gasteiger partial charge in [0.25, 0.3) is 0 Å². The summed E-state index contributed by atoms with van der Waals surface area (Å²) in [6.45, 7) is 2.25. The van der Waals surface area contributed by atoms with E-state index >= 15 is 0 Å². The Morgan fingerprint density at radius 2 is 1.62 bits per heavy atom. The molecule has 2 aliphatic rings. The van der Waals surface area contributed by atoms with Crippen molar-refractivity contribution in [3.05, 3.63) is 35.6 Å². The molecule has 1 aromatic carbocycles. The highest BCUT2D eigenvalue weighted by molar-refractivity contribution is 5.18. The topological polar surface area (TPSA) is 23.5 Å². The van der Waals surface area contributed by atoms with Crippen molar-refractivity contribution in [2.24, 2.45) is 0 Å². The molecule has 2 nitrogen and oxygen atoms in total. The Balaban J connectivity index is 1.74. The van der Waals surface area contributed by atoms with E-state index in [1.54, 1.807) is 12.1 Å². The number of hydrogen-bond donors (Lipinski definition) is 1. The van der Waals surface area contributed by atoms with Crippen LogP contribution in [0.15, 0.2) is 24.3 Å². The molecule has 1 aliphatic carbocycles. The smallest absolute Gasteiger partial charge is 0.123 e. The van der Waals surface area contributed by atoms with Crippen LogP contribution in [0.5, 0.6) is 0 Å². The Hall–Kier alpha value is -0.930. The lowest BCUT2D eigenvalue weighted by Gasteiger charge is -2.46. The molecular weight excluding hydrogens is 265 g/mol. The van der Waals surface area contributed by atoms with E-state index in [-0.39, 0.29) is 17.5 Å². The number of benzene rings is 1. The summed E-state index contributed by atoms with van der Waals surface area (Å²) >= 11 is 0. The molecule has 0 amide bonds. The molecule has 1 saturated heterocycles. The second-order valence-corrected chi connectivity index (χ2v) is 6.70. The number of hydrogen-bond acceptors (Lipinski definition) is 2. The highest BCUT2D eigenvalue weighted by Gasteiger charge is 2.45. The van der Waals surface area contributed by atoms with Crippen LogP contribution in [0, 0.1) is 5.82 Å². The molecule has 0 spiro atoms. The van der Waals surface area contributed by atoms with E-state index < -0.39 is 0 Å². The zero-order valence-corrected chi connectivity index (χ0v) is 12.7. The van der Waals surface area contributed by atoms with Crippen molar-refractivity contribution in [1.29, 1.82) is 0 Å². The average Bonchev–Trinajstić information content (AvgIpc) is 3.01. The molecule has 3 rings (SSSR count). The minimum absolute atomic E-state index is 0.0329. The average molecular weight is 291 g/mol. The molecule has 0 bridgehead atoms. The third-order valence-electron chi connectivity index (χ3n) is 5.42. The molecule has 3 heteroatoms. The number of likely N-dealkylation sites (tertiary alicyclic amines) is 1. The second-order valence-electron chi connectivity index (χ2n) is 6.70. The zero-order valence-electron chi connectivity index (χ0n) is 12.7. The molecule has 1 heterocycles. The third kappa shape index (κ3) is 3.14. The van der Waals surface area contributed by atoms with Crippen LogP contribution in [0.1, 0.15) is 50.5 Å². The minimum Gasteiger partial charge on any atom is -0.391 e. The lowest BCUT2D eigenvalue weighted by atomic mass is 9.83. The molecule has 0 radical (unpaired) electrons. The molecule has 116 valence electrons. The van der Waals surface area contributed by atoms with Gasteiger partial charge < -0.3 is 5.11 Å². The molecule has 0 aromatic heterocycles. The summed E-state index contributed by atoms with van der Waals surface area (Å²) in [5.74, 6) is -0.208. The van der Waals surface area contributed by atoms with E-state index in [9.17, 15) is 9.50 Å². The van der Waals surface area contributed by atoms with Gasteiger partial charge in [0.1, 0.15) is 5.82 Å². The first-order valence-electron chi connectivity index (χ1n) is 8.38. The van der Waals surface area contributed by atoms with Gasteiger partial charge in [0.05, 0.1) is 6.10 Å². The summed E-state index contributed by atoms with van der Waals surface area (Å²) in [6, 6.07) is 6.59. The minimum atomic E-state index is -0.344. The Morgan fingerprint density at radius 3 is 2.24 bits per heavy atom. The van der Waals surface area contributed by atoms with E-state index in [0.29, 0.717) is 6.42 Å². The normalized spacial score (nSPS) is 24.1. The van der Waals surface area contributed by atoms with E-state index in [2.05, 4.69) is 4.90 Å². The second kappa shape index (κ2) is 6.45. The lowest BCUT2D eigenvalue weighted by molar-refractivity contribution is -0.0380. The van der Waals surface area contributed by atoms with Crippen molar-refractivity contribution in [2.45, 2.75) is 63.0 Å². The van der Waals surface area contributed by atoms with Gasteiger partial charge in [0.15, 0.2) is 0 Å². The number of halogens is 1. The van der Waals surface area contributed by atoms with Crippen LogP contribution < -0.4 is 0 Å². The summed E-state index contributed by atoms with van der Waals surface area (Å²) in [7, 11) is 0. The van der Waals surface area contributed by atoms with Gasteiger partial charge in [0.2, 0.25) is 0 Å². The van der Waals surface area contributed by atoms with Crippen molar-refractivity contribution < 1.29 is 9.50 Å². The van der Waals surface area contributed by atoms with Crippen molar-refractivity contribution in [3.8, 4) is 0 Å². The largest absolute Gasteiger partial charge is 0.391 e. The van der Waals surface area contributed by atoms with Crippen molar-refractivity contribution >= 4 is 0 Å². The molecule has 1 aromatic rings. The quantitative estimate of drug-likeness (QED) is 0.917. The maximum Gasteiger partial charge on any atom is 0.123 e. The Morgan fingerprint density at radius 1 is 1.00 bits per heavy atom. The highest BCUT2D eigenvalue weighted by Crippen LogP contribution is 2.40. The van der Waals surface area contributed by atoms with Gasteiger partial charge in [-0.05, 0) is 56.5 Å². The van der Waals surface area contributed by atoms with Gasteiger partial charge in [-0.2, -0.15) is 0 Å². The van der Waals surface area contributed by atoms with E-state index in [4.69, 9.17) is 0 Å². The van der Waals surface area contributed by atoms with E-state index in [1.807, 2.05) is 0 Å². The molecule has 2 fully saturated rings. The first-order chi connectivity index (χ1) is 10.2. The Labute approximate surface area is 127 Å². The first kappa shape index (κ1) is 15.0. The predicted octanol–water partition coefficient (Wildman–Crippen LogP) is 3.53. The van der Waals surface area contributed by atoms with Crippen LogP contribution in [0.25, 0.3) is 0 Å². The lowest BCUT2D eigenvalue weighted by Crippen LogP contribution is -2.57. The summed E-state index contributed by atoms with van der Waals surface area (Å²) in [5, 5.41) is 10.9. The number of aliphatic hydroxyl groups excluding tert-OH is 1. The fraction of sp³-hybridized carbons (Fsp3) is 0.667. The van der Waals surface area contributed by atoms with Crippen LogP contribution in [-0.2, 0) is 6.42 Å². The van der Waals surface area contributed by atoms with Crippen molar-refractivity contribution in [2.75, 3.05) is 13.1 Å². The van der Waals surface area contributed by atoms with Crippen LogP contribution in [0.4, 0.5) is 4.39 Å². The number of nitrogens with zero attached hydrogens (tertiary/aromatic N) is 1. The Kier molecular flexibility index (Phi) is 4.60. The maximum absolute atomic E-state index is 13.0. The molecule has 1 atom stereocenters. The zero-order chi connectivity index (χ0) is 14.7. The number of piperidine rings is 1. The predicted molar refractivity (Wildman–Crippen MR) is 82.7 cm³/mol. The summed E-state index contributed by atoms with van der Waals surface area (Å²) in [5.41, 5.74) is 1.00. The monoisotopic (exact) mass is 291 g/mol. The van der Waals surface area contributed by atoms with Crippen LogP contribution >= 0.6 is 0 Å². The van der Waals surface area contributed by atoms with Crippen molar-refractivity contribution in [1.82, 2.24) is 4.90 Å². The van der Waals surface area contributed by atoms with Crippen LogP contribution in [0.2, 0.25) is 0 Å². The van der Waals surface area contributed by atoms with Gasteiger partial charge in [-0.3, -0.25) is 4.90 Å². The molecule has 21 heavy (non-hydrogen) atoms. The highest BCUT2D eigenvalue weighted by atomic mass is 19.1. The molecule has 1 saturated carbocycles. The standard InChI is InChI=1S/C18H26FNO/c19-16-8-6-15(7-9-16)14-17(21)18(10-2-3-11-18)20-12-4-1-5-13-20/h6-9,17,21H,1-5,10-14H2. The van der Waals surface area contributed by atoms with Crippen LogP contribution in [-0.4, -0.2) is 34.7 Å². The Bertz CT molecular complexity index is 447. The fourth-order valence-electron chi connectivity index (χ4n) is 4.22. The summed E-state index contributed by atoms with van der Waals surface area (Å²) in [6.07, 6.45) is 8.77. The van der Waals surface area contributed by atoms with Gasteiger partial charge in [-0.25, -0.2) is 4.39 Å². The molecule has 1 unspecified atom stereocenters.